The van der Waals surface area contributed by atoms with E-state index < -0.39 is 6.04 Å². The maximum Gasteiger partial charge on any atom is 0.308 e. The van der Waals surface area contributed by atoms with Crippen molar-refractivity contribution >= 4 is 57.1 Å². The van der Waals surface area contributed by atoms with Gasteiger partial charge in [0.05, 0.1) is 26.2 Å². The fourth-order valence-electron chi connectivity index (χ4n) is 1.67. The lowest BCUT2D eigenvalue weighted by atomic mass is 10.0. The summed E-state index contributed by atoms with van der Waals surface area (Å²) in [5.74, 6) is -0.394. The minimum absolute atomic E-state index is 0.0599. The number of phenolic OH excluding ortho intramolecular Hbond substituents is 1. The fraction of sp³-hybridized carbons (Fsp3) is 0.385. The Kier molecular flexibility index (Phi) is 7.00. The van der Waals surface area contributed by atoms with Crippen LogP contribution < -0.4 is 5.32 Å². The topological polar surface area (TPSA) is 75.6 Å². The number of benzene rings is 1. The predicted octanol–water partition coefficient (Wildman–Crippen LogP) is 2.73. The van der Waals surface area contributed by atoms with Gasteiger partial charge in [-0.05, 0) is 69.8 Å². The first-order valence-corrected chi connectivity index (χ1v) is 8.11. The Bertz CT molecular complexity index is 496. The lowest BCUT2D eigenvalue weighted by Gasteiger charge is -2.18. The molecule has 0 aromatic heterocycles. The van der Waals surface area contributed by atoms with Gasteiger partial charge in [-0.2, -0.15) is 0 Å². The average Bonchev–Trinajstić information content (AvgIpc) is 2.34. The number of carbonyl (C=O) groups excluding carboxylic acids is 2. The molecule has 0 aliphatic carbocycles. The monoisotopic (exact) mass is 503 g/mol. The Labute approximate surface area is 144 Å². The van der Waals surface area contributed by atoms with Gasteiger partial charge in [0.15, 0.2) is 0 Å². The van der Waals surface area contributed by atoms with E-state index in [1.165, 1.54) is 6.92 Å². The predicted molar refractivity (Wildman–Crippen MR) is 91.3 cm³/mol. The summed E-state index contributed by atoms with van der Waals surface area (Å²) in [5.41, 5.74) is 0.764. The zero-order chi connectivity index (χ0) is 15.3. The summed E-state index contributed by atoms with van der Waals surface area (Å²) in [6, 6.07) is 3.03. The van der Waals surface area contributed by atoms with Crippen LogP contribution in [0.5, 0.6) is 5.75 Å². The number of halogens is 2. The van der Waals surface area contributed by atoms with Crippen molar-refractivity contribution in [1.29, 1.82) is 0 Å². The first-order valence-electron chi connectivity index (χ1n) is 5.95. The molecular formula is C13H15I2NO4. The molecule has 2 N–H and O–H groups in total. The Morgan fingerprint density at radius 2 is 1.90 bits per heavy atom. The smallest absolute Gasteiger partial charge is 0.308 e. The molecule has 1 aromatic rings. The zero-order valence-corrected chi connectivity index (χ0v) is 15.4. The lowest BCUT2D eigenvalue weighted by molar-refractivity contribution is -0.143. The maximum atomic E-state index is 11.6. The van der Waals surface area contributed by atoms with E-state index in [1.807, 2.05) is 45.2 Å². The average molecular weight is 503 g/mol. The molecule has 0 aliphatic heterocycles. The molecule has 1 atom stereocenters. The van der Waals surface area contributed by atoms with Crippen LogP contribution in [0.15, 0.2) is 12.1 Å². The van der Waals surface area contributed by atoms with Crippen molar-refractivity contribution < 1.29 is 19.4 Å². The second kappa shape index (κ2) is 8.01. The Morgan fingerprint density at radius 1 is 1.35 bits per heavy atom. The van der Waals surface area contributed by atoms with E-state index in [2.05, 4.69) is 5.32 Å². The molecule has 1 unspecified atom stereocenters. The number of carbonyl (C=O) groups is 2. The van der Waals surface area contributed by atoms with Gasteiger partial charge < -0.3 is 15.2 Å². The van der Waals surface area contributed by atoms with Crippen LogP contribution in [0.3, 0.4) is 0 Å². The van der Waals surface area contributed by atoms with Crippen LogP contribution in [-0.4, -0.2) is 23.6 Å². The summed E-state index contributed by atoms with van der Waals surface area (Å²) in [7, 11) is 0. The summed E-state index contributed by atoms with van der Waals surface area (Å²) >= 11 is 4.02. The Hall–Kier alpha value is -0.580. The third kappa shape index (κ3) is 5.08. The first kappa shape index (κ1) is 17.5. The molecular weight excluding hydrogens is 488 g/mol. The van der Waals surface area contributed by atoms with Crippen molar-refractivity contribution in [2.75, 3.05) is 6.61 Å². The first-order chi connectivity index (χ1) is 9.35. The van der Waals surface area contributed by atoms with Gasteiger partial charge >= 0.3 is 5.97 Å². The minimum atomic E-state index is -0.464. The third-order valence-corrected chi connectivity index (χ3v) is 4.14. The van der Waals surface area contributed by atoms with Crippen LogP contribution in [0.1, 0.15) is 31.9 Å². The van der Waals surface area contributed by atoms with E-state index in [9.17, 15) is 14.7 Å². The van der Waals surface area contributed by atoms with Crippen LogP contribution >= 0.6 is 45.2 Å². The minimum Gasteiger partial charge on any atom is -0.506 e. The number of aromatic hydroxyl groups is 1. The highest BCUT2D eigenvalue weighted by Crippen LogP contribution is 2.30. The molecule has 0 saturated heterocycles. The van der Waals surface area contributed by atoms with E-state index in [-0.39, 0.29) is 24.0 Å². The molecule has 0 spiro atoms. The number of esters is 1. The summed E-state index contributed by atoms with van der Waals surface area (Å²) in [4.78, 5) is 22.9. The molecule has 1 rings (SSSR count). The van der Waals surface area contributed by atoms with E-state index in [0.717, 1.165) is 5.56 Å². The number of nitrogens with one attached hydrogen (secondary N) is 1. The summed E-state index contributed by atoms with van der Waals surface area (Å²) in [5, 5.41) is 12.5. The zero-order valence-electron chi connectivity index (χ0n) is 11.1. The fourth-order valence-corrected chi connectivity index (χ4v) is 3.49. The van der Waals surface area contributed by atoms with Crippen molar-refractivity contribution in [3.63, 3.8) is 0 Å². The second-order valence-corrected chi connectivity index (χ2v) is 6.42. The van der Waals surface area contributed by atoms with E-state index in [0.29, 0.717) is 13.7 Å². The number of ether oxygens (including phenoxy) is 1. The Balaban J connectivity index is 3.04. The quantitative estimate of drug-likeness (QED) is 0.479. The Morgan fingerprint density at radius 3 is 2.35 bits per heavy atom. The van der Waals surface area contributed by atoms with Crippen LogP contribution in [0.2, 0.25) is 0 Å². The standard InChI is InChI=1S/C13H15I2NO4/c1-3-20-12(18)6-11(16-7(2)17)8-4-9(14)13(19)10(15)5-8/h4-5,11,19H,3,6H2,1-2H3,(H,16,17). The van der Waals surface area contributed by atoms with E-state index >= 15 is 0 Å². The van der Waals surface area contributed by atoms with Crippen LogP contribution in [0, 0.1) is 7.14 Å². The van der Waals surface area contributed by atoms with Gasteiger partial charge in [0, 0.05) is 6.92 Å². The van der Waals surface area contributed by atoms with Crippen molar-refractivity contribution in [3.8, 4) is 5.75 Å². The second-order valence-electron chi connectivity index (χ2n) is 4.10. The number of phenols is 1. The third-order valence-electron chi connectivity index (χ3n) is 2.50. The van der Waals surface area contributed by atoms with Crippen LogP contribution in [0.25, 0.3) is 0 Å². The molecule has 1 amide bonds. The van der Waals surface area contributed by atoms with Crippen LogP contribution in [-0.2, 0) is 14.3 Å². The molecule has 0 aliphatic rings. The lowest BCUT2D eigenvalue weighted by Crippen LogP contribution is -2.28. The highest BCUT2D eigenvalue weighted by molar-refractivity contribution is 14.1. The van der Waals surface area contributed by atoms with Gasteiger partial charge in [0.1, 0.15) is 5.75 Å². The molecule has 0 heterocycles. The van der Waals surface area contributed by atoms with Crippen LogP contribution in [0.4, 0.5) is 0 Å². The number of rotatable bonds is 5. The molecule has 7 heteroatoms. The highest BCUT2D eigenvalue weighted by Gasteiger charge is 2.20. The maximum absolute atomic E-state index is 11.6. The van der Waals surface area contributed by atoms with Crippen molar-refractivity contribution in [2.24, 2.45) is 0 Å². The van der Waals surface area contributed by atoms with Crippen molar-refractivity contribution in [1.82, 2.24) is 5.32 Å². The van der Waals surface area contributed by atoms with Gasteiger partial charge in [-0.3, -0.25) is 9.59 Å². The van der Waals surface area contributed by atoms with Gasteiger partial charge in [-0.25, -0.2) is 0 Å². The molecule has 20 heavy (non-hydrogen) atoms. The van der Waals surface area contributed by atoms with Gasteiger partial charge in [-0.15, -0.1) is 0 Å². The number of hydrogen-bond acceptors (Lipinski definition) is 4. The van der Waals surface area contributed by atoms with E-state index in [1.54, 1.807) is 19.1 Å². The van der Waals surface area contributed by atoms with E-state index in [4.69, 9.17) is 4.74 Å². The largest absolute Gasteiger partial charge is 0.506 e. The van der Waals surface area contributed by atoms with Crippen molar-refractivity contribution in [3.05, 3.63) is 24.8 Å². The number of amides is 1. The molecule has 0 fully saturated rings. The molecule has 0 bridgehead atoms. The van der Waals surface area contributed by atoms with Gasteiger partial charge in [-0.1, -0.05) is 0 Å². The van der Waals surface area contributed by atoms with Gasteiger partial charge in [0.2, 0.25) is 5.91 Å². The molecule has 1 aromatic carbocycles. The molecule has 5 nitrogen and oxygen atoms in total. The molecule has 110 valence electrons. The van der Waals surface area contributed by atoms with Gasteiger partial charge in [0.25, 0.3) is 0 Å². The number of hydrogen-bond donors (Lipinski definition) is 2. The summed E-state index contributed by atoms with van der Waals surface area (Å²) in [6.07, 6.45) is 0.0599. The summed E-state index contributed by atoms with van der Waals surface area (Å²) < 4.78 is 6.26. The molecule has 0 radical (unpaired) electrons. The summed E-state index contributed by atoms with van der Waals surface area (Å²) in [6.45, 7) is 3.43. The normalized spacial score (nSPS) is 11.8. The highest BCUT2D eigenvalue weighted by atomic mass is 127. The SMILES string of the molecule is CCOC(=O)CC(NC(C)=O)c1cc(I)c(O)c(I)c1. The molecule has 0 saturated carbocycles. The van der Waals surface area contributed by atoms with Crippen molar-refractivity contribution in [2.45, 2.75) is 26.3 Å².